The summed E-state index contributed by atoms with van der Waals surface area (Å²) in [6.07, 6.45) is 1.75. The van der Waals surface area contributed by atoms with E-state index in [1.54, 1.807) is 37.5 Å². The molecule has 0 amide bonds. The molecule has 1 aliphatic heterocycles. The number of benzene rings is 2. The molecular weight excluding hydrogens is 441 g/mol. The summed E-state index contributed by atoms with van der Waals surface area (Å²) in [6, 6.07) is 10.8. The molecule has 1 aliphatic rings. The lowest BCUT2D eigenvalue weighted by Gasteiger charge is -2.16. The van der Waals surface area contributed by atoms with Crippen molar-refractivity contribution in [3.63, 3.8) is 0 Å². The van der Waals surface area contributed by atoms with Crippen molar-refractivity contribution in [1.29, 1.82) is 0 Å². The Bertz CT molecular complexity index is 1340. The van der Waals surface area contributed by atoms with Crippen LogP contribution in [0.15, 0.2) is 58.4 Å². The van der Waals surface area contributed by atoms with Crippen LogP contribution in [0.3, 0.4) is 0 Å². The molecular formula is C22H19ClFN3O3S. The Balaban J connectivity index is 2.02. The van der Waals surface area contributed by atoms with Gasteiger partial charge in [-0.05, 0) is 60.0 Å². The van der Waals surface area contributed by atoms with E-state index in [9.17, 15) is 17.6 Å². The molecule has 4 rings (SSSR count). The molecule has 9 heteroatoms. The standard InChI is InChI=1S/C22H19ClFN3O3S/c1-12-16-9-21(28)27(2)11-19(16)17-7-14(10-25-31(29)30)20(23)8-18(17)22(26-12)13-3-5-15(24)6-4-13/h3-9,11-12,31H,10H2,1-2H3,(H,25,29,30)/t12-/m0/s1. The van der Waals surface area contributed by atoms with Crippen LogP contribution in [0.2, 0.25) is 5.02 Å². The summed E-state index contributed by atoms with van der Waals surface area (Å²) < 4.78 is 39.4. The van der Waals surface area contributed by atoms with Gasteiger partial charge in [0.25, 0.3) is 5.56 Å². The van der Waals surface area contributed by atoms with E-state index in [4.69, 9.17) is 16.6 Å². The fourth-order valence-electron chi connectivity index (χ4n) is 3.71. The maximum atomic E-state index is 13.5. The zero-order chi connectivity index (χ0) is 22.3. The first-order valence-corrected chi connectivity index (χ1v) is 11.1. The summed E-state index contributed by atoms with van der Waals surface area (Å²) in [4.78, 5) is 17.2. The zero-order valence-electron chi connectivity index (χ0n) is 16.7. The third kappa shape index (κ3) is 4.19. The number of thiol groups is 1. The Morgan fingerprint density at radius 1 is 1.13 bits per heavy atom. The third-order valence-corrected chi connectivity index (χ3v) is 6.05. The second-order valence-corrected chi connectivity index (χ2v) is 8.57. The van der Waals surface area contributed by atoms with Crippen LogP contribution < -0.4 is 10.3 Å². The SMILES string of the molecule is C[C@@H]1N=C(c2ccc(F)cc2)c2cc(Cl)c(CN[SH](=O)=O)cc2-c2cn(C)c(=O)cc21. The molecule has 0 bridgehead atoms. The highest BCUT2D eigenvalue weighted by Gasteiger charge is 2.25. The average molecular weight is 460 g/mol. The van der Waals surface area contributed by atoms with Crippen molar-refractivity contribution in [3.8, 4) is 11.1 Å². The van der Waals surface area contributed by atoms with Gasteiger partial charge < -0.3 is 4.57 Å². The molecule has 160 valence electrons. The largest absolute Gasteiger partial charge is 0.318 e. The second kappa shape index (κ2) is 8.37. The van der Waals surface area contributed by atoms with E-state index >= 15 is 0 Å². The van der Waals surface area contributed by atoms with Crippen LogP contribution >= 0.6 is 11.6 Å². The summed E-state index contributed by atoms with van der Waals surface area (Å²) in [7, 11) is -1.12. The third-order valence-electron chi connectivity index (χ3n) is 5.28. The summed E-state index contributed by atoms with van der Waals surface area (Å²) in [5, 5.41) is 0.374. The minimum atomic E-state index is -2.78. The number of aryl methyl sites for hydroxylation is 1. The Morgan fingerprint density at radius 2 is 1.84 bits per heavy atom. The summed E-state index contributed by atoms with van der Waals surface area (Å²) in [6.45, 7) is 1.92. The van der Waals surface area contributed by atoms with Gasteiger partial charge in [0, 0.05) is 47.6 Å². The van der Waals surface area contributed by atoms with Gasteiger partial charge in [-0.2, -0.15) is 0 Å². The number of aliphatic imine (C=N–C) groups is 1. The van der Waals surface area contributed by atoms with Crippen molar-refractivity contribution >= 4 is 28.2 Å². The first-order chi connectivity index (χ1) is 14.7. The van der Waals surface area contributed by atoms with Gasteiger partial charge in [0.2, 0.25) is 10.9 Å². The van der Waals surface area contributed by atoms with Crippen LogP contribution in [0.5, 0.6) is 0 Å². The Hall–Kier alpha value is -2.81. The van der Waals surface area contributed by atoms with Gasteiger partial charge in [-0.25, -0.2) is 17.5 Å². The average Bonchev–Trinajstić information content (AvgIpc) is 2.83. The maximum Gasteiger partial charge on any atom is 0.250 e. The van der Waals surface area contributed by atoms with Gasteiger partial charge in [0.05, 0.1) is 11.8 Å². The van der Waals surface area contributed by atoms with Crippen molar-refractivity contribution in [3.05, 3.63) is 92.1 Å². The molecule has 6 nitrogen and oxygen atoms in total. The van der Waals surface area contributed by atoms with Crippen LogP contribution in [-0.4, -0.2) is 18.7 Å². The second-order valence-electron chi connectivity index (χ2n) is 7.33. The molecule has 0 saturated carbocycles. The highest BCUT2D eigenvalue weighted by atomic mass is 35.5. The highest BCUT2D eigenvalue weighted by Crippen LogP contribution is 2.39. The molecule has 1 N–H and O–H groups in total. The number of aromatic nitrogens is 1. The zero-order valence-corrected chi connectivity index (χ0v) is 18.4. The van der Waals surface area contributed by atoms with E-state index in [2.05, 4.69) is 4.72 Å². The van der Waals surface area contributed by atoms with Crippen LogP contribution in [0.4, 0.5) is 4.39 Å². The van der Waals surface area contributed by atoms with Crippen LogP contribution in [0.25, 0.3) is 11.1 Å². The molecule has 0 aliphatic carbocycles. The van der Waals surface area contributed by atoms with Gasteiger partial charge in [-0.1, -0.05) is 11.6 Å². The van der Waals surface area contributed by atoms with Gasteiger partial charge in [-0.15, -0.1) is 0 Å². The van der Waals surface area contributed by atoms with Crippen molar-refractivity contribution in [1.82, 2.24) is 9.29 Å². The summed E-state index contributed by atoms with van der Waals surface area (Å²) in [5.41, 5.74) is 4.78. The molecule has 2 aromatic carbocycles. The topological polar surface area (TPSA) is 80.5 Å². The Kier molecular flexibility index (Phi) is 5.79. The maximum absolute atomic E-state index is 13.5. The normalized spacial score (nSPS) is 15.3. The van der Waals surface area contributed by atoms with Gasteiger partial charge >= 0.3 is 0 Å². The molecule has 2 heterocycles. The van der Waals surface area contributed by atoms with Gasteiger partial charge in [-0.3, -0.25) is 9.79 Å². The molecule has 0 saturated heterocycles. The Morgan fingerprint density at radius 3 is 2.52 bits per heavy atom. The van der Waals surface area contributed by atoms with E-state index < -0.39 is 10.9 Å². The van der Waals surface area contributed by atoms with Crippen molar-refractivity contribution < 1.29 is 12.8 Å². The molecule has 1 aromatic heterocycles. The predicted octanol–water partition coefficient (Wildman–Crippen LogP) is 3.37. The number of hydrogen-bond acceptors (Lipinski definition) is 4. The number of rotatable bonds is 4. The van der Waals surface area contributed by atoms with E-state index in [1.807, 2.05) is 13.0 Å². The summed E-state index contributed by atoms with van der Waals surface area (Å²) in [5.74, 6) is -0.358. The lowest BCUT2D eigenvalue weighted by atomic mass is 9.91. The number of nitrogens with zero attached hydrogens (tertiary/aromatic N) is 2. The van der Waals surface area contributed by atoms with Gasteiger partial charge in [0.1, 0.15) is 5.82 Å². The Labute approximate surface area is 185 Å². The molecule has 0 radical (unpaired) electrons. The number of fused-ring (bicyclic) bond motifs is 3. The van der Waals surface area contributed by atoms with Crippen LogP contribution in [-0.2, 0) is 24.5 Å². The van der Waals surface area contributed by atoms with E-state index in [0.717, 1.165) is 22.3 Å². The fraction of sp³-hybridized carbons (Fsp3) is 0.182. The lowest BCUT2D eigenvalue weighted by Crippen LogP contribution is -2.17. The molecule has 1 atom stereocenters. The van der Waals surface area contributed by atoms with E-state index in [-0.39, 0.29) is 24.0 Å². The molecule has 0 spiro atoms. The molecule has 0 unspecified atom stereocenters. The monoisotopic (exact) mass is 459 g/mol. The smallest absolute Gasteiger partial charge is 0.250 e. The van der Waals surface area contributed by atoms with E-state index in [1.165, 1.54) is 16.7 Å². The first-order valence-electron chi connectivity index (χ1n) is 9.50. The van der Waals surface area contributed by atoms with Crippen molar-refractivity contribution in [2.45, 2.75) is 19.5 Å². The molecule has 31 heavy (non-hydrogen) atoms. The van der Waals surface area contributed by atoms with Crippen LogP contribution in [0.1, 0.15) is 35.2 Å². The first kappa shape index (κ1) is 21.4. The number of pyridine rings is 1. The molecule has 3 aromatic rings. The minimum Gasteiger partial charge on any atom is -0.318 e. The number of nitrogens with one attached hydrogen (secondary N) is 1. The number of halogens is 2. The number of hydrogen-bond donors (Lipinski definition) is 2. The fourth-order valence-corrected chi connectivity index (χ4v) is 4.24. The van der Waals surface area contributed by atoms with Gasteiger partial charge in [0.15, 0.2) is 0 Å². The lowest BCUT2D eigenvalue weighted by molar-refractivity contribution is 0.601. The summed E-state index contributed by atoms with van der Waals surface area (Å²) >= 11 is 6.49. The van der Waals surface area contributed by atoms with Crippen molar-refractivity contribution in [2.75, 3.05) is 0 Å². The highest BCUT2D eigenvalue weighted by molar-refractivity contribution is 7.70. The van der Waals surface area contributed by atoms with Crippen molar-refractivity contribution in [2.24, 2.45) is 12.0 Å². The predicted molar refractivity (Wildman–Crippen MR) is 120 cm³/mol. The van der Waals surface area contributed by atoms with E-state index in [0.29, 0.717) is 21.9 Å². The van der Waals surface area contributed by atoms with Crippen LogP contribution in [0, 0.1) is 5.82 Å². The quantitative estimate of drug-likeness (QED) is 0.587. The minimum absolute atomic E-state index is 0.0322. The molecule has 0 fully saturated rings.